The third-order valence-corrected chi connectivity index (χ3v) is 3.89. The minimum absolute atomic E-state index is 0.294. The minimum atomic E-state index is -1.81. The number of carbonyl (C=O) groups is 1. The Bertz CT molecular complexity index is 618. The van der Waals surface area contributed by atoms with E-state index in [9.17, 15) is 4.79 Å². The average Bonchev–Trinajstić information content (AvgIpc) is 2.56. The highest BCUT2D eigenvalue weighted by Gasteiger charge is 2.23. The van der Waals surface area contributed by atoms with Crippen LogP contribution in [0.4, 0.5) is 0 Å². The molecule has 5 nitrogen and oxygen atoms in total. The topological polar surface area (TPSA) is 54.0 Å². The molecule has 1 atom stereocenters. The van der Waals surface area contributed by atoms with E-state index in [4.69, 9.17) is 18.3 Å². The molecule has 0 bridgehead atoms. The van der Waals surface area contributed by atoms with Crippen LogP contribution in [0.15, 0.2) is 72.8 Å². The van der Waals surface area contributed by atoms with Crippen LogP contribution < -0.4 is 9.05 Å². The highest BCUT2D eigenvalue weighted by Crippen LogP contribution is 2.42. The van der Waals surface area contributed by atoms with Gasteiger partial charge in [0.25, 0.3) is 0 Å². The van der Waals surface area contributed by atoms with Crippen LogP contribution in [0.2, 0.25) is 0 Å². The van der Waals surface area contributed by atoms with E-state index in [0.29, 0.717) is 17.1 Å². The number of benzene rings is 2. The molecule has 0 aliphatic heterocycles. The molecule has 0 saturated heterocycles. The number of carbonyl (C=O) groups excluding carboxylic acids is 1. The summed E-state index contributed by atoms with van der Waals surface area (Å²) in [6.45, 7) is 6.70. The van der Waals surface area contributed by atoms with E-state index in [1.54, 1.807) is 38.1 Å². The lowest BCUT2D eigenvalue weighted by atomic mass is 10.3. The van der Waals surface area contributed by atoms with Crippen molar-refractivity contribution in [3.05, 3.63) is 72.8 Å². The Labute approximate surface area is 142 Å². The van der Waals surface area contributed by atoms with Crippen LogP contribution in [0.1, 0.15) is 13.8 Å². The van der Waals surface area contributed by atoms with Gasteiger partial charge in [0, 0.05) is 5.57 Å². The fourth-order valence-electron chi connectivity index (χ4n) is 1.59. The van der Waals surface area contributed by atoms with Crippen LogP contribution in [0.5, 0.6) is 11.5 Å². The van der Waals surface area contributed by atoms with Crippen LogP contribution in [0, 0.1) is 0 Å². The van der Waals surface area contributed by atoms with E-state index in [1.165, 1.54) is 0 Å². The second-order valence-corrected chi connectivity index (χ2v) is 5.91. The zero-order valence-corrected chi connectivity index (χ0v) is 14.4. The van der Waals surface area contributed by atoms with Crippen LogP contribution in [0.25, 0.3) is 0 Å². The Hall–Kier alpha value is -2.36. The lowest BCUT2D eigenvalue weighted by molar-refractivity contribution is -0.156. The first-order valence-corrected chi connectivity index (χ1v) is 8.43. The van der Waals surface area contributed by atoms with Crippen molar-refractivity contribution in [2.75, 3.05) is 0 Å². The number of para-hydroxylation sites is 2. The number of esters is 1. The Morgan fingerprint density at radius 3 is 1.83 bits per heavy atom. The molecule has 126 valence electrons. The predicted octanol–water partition coefficient (Wildman–Crippen LogP) is 4.85. The van der Waals surface area contributed by atoms with Crippen molar-refractivity contribution in [2.24, 2.45) is 0 Å². The molecular formula is C18H19O5P. The average molecular weight is 346 g/mol. The molecule has 24 heavy (non-hydrogen) atoms. The van der Waals surface area contributed by atoms with Crippen molar-refractivity contribution >= 4 is 14.6 Å². The fraction of sp³-hybridized carbons (Fsp3) is 0.167. The number of hydrogen-bond acceptors (Lipinski definition) is 5. The molecule has 0 amide bonds. The summed E-state index contributed by atoms with van der Waals surface area (Å²) in [6, 6.07) is 18.3. The summed E-state index contributed by atoms with van der Waals surface area (Å²) in [5.74, 6) is 0.660. The molecule has 2 rings (SSSR count). The summed E-state index contributed by atoms with van der Waals surface area (Å²) in [7, 11) is -1.81. The molecule has 0 fully saturated rings. The molecule has 0 spiro atoms. The maximum absolute atomic E-state index is 11.6. The van der Waals surface area contributed by atoms with Gasteiger partial charge in [0.15, 0.2) is 0 Å². The van der Waals surface area contributed by atoms with Gasteiger partial charge < -0.3 is 13.8 Å². The molecule has 2 aromatic rings. The largest absolute Gasteiger partial charge is 0.466 e. The second-order valence-electron chi connectivity index (χ2n) is 4.89. The van der Waals surface area contributed by atoms with E-state index < -0.39 is 20.9 Å². The molecule has 0 aliphatic rings. The normalized spacial score (nSPS) is 11.6. The summed E-state index contributed by atoms with van der Waals surface area (Å²) in [5, 5.41) is 0. The first kappa shape index (κ1) is 18.0. The number of hydrogen-bond donors (Lipinski definition) is 0. The second kappa shape index (κ2) is 9.06. The van der Waals surface area contributed by atoms with E-state index >= 15 is 0 Å². The molecular weight excluding hydrogens is 327 g/mol. The van der Waals surface area contributed by atoms with Crippen LogP contribution in [0.3, 0.4) is 0 Å². The van der Waals surface area contributed by atoms with Gasteiger partial charge in [-0.3, -0.25) is 4.52 Å². The molecule has 6 heteroatoms. The Kier molecular flexibility index (Phi) is 6.79. The smallest absolute Gasteiger partial charge is 0.432 e. The monoisotopic (exact) mass is 346 g/mol. The predicted molar refractivity (Wildman–Crippen MR) is 92.5 cm³/mol. The maximum Gasteiger partial charge on any atom is 0.466 e. The first-order valence-electron chi connectivity index (χ1n) is 7.34. The van der Waals surface area contributed by atoms with Gasteiger partial charge in [-0.25, -0.2) is 4.79 Å². The van der Waals surface area contributed by atoms with Crippen molar-refractivity contribution in [1.29, 1.82) is 0 Å². The minimum Gasteiger partial charge on any atom is -0.432 e. The number of ether oxygens (including phenoxy) is 1. The van der Waals surface area contributed by atoms with Crippen LogP contribution >= 0.6 is 8.60 Å². The van der Waals surface area contributed by atoms with Gasteiger partial charge in [0.05, 0.1) is 0 Å². The Balaban J connectivity index is 2.04. The first-order chi connectivity index (χ1) is 11.5. The van der Waals surface area contributed by atoms with Crippen LogP contribution in [-0.4, -0.2) is 12.3 Å². The van der Waals surface area contributed by atoms with Gasteiger partial charge in [0.2, 0.25) is 6.29 Å². The summed E-state index contributed by atoms with van der Waals surface area (Å²) in [6.07, 6.45) is -0.840. The highest BCUT2D eigenvalue weighted by atomic mass is 31.2. The summed E-state index contributed by atoms with van der Waals surface area (Å²) < 4.78 is 22.2. The molecule has 0 radical (unpaired) electrons. The third kappa shape index (κ3) is 6.03. The Morgan fingerprint density at radius 2 is 1.42 bits per heavy atom. The van der Waals surface area contributed by atoms with E-state index in [-0.39, 0.29) is 0 Å². The van der Waals surface area contributed by atoms with Crippen molar-refractivity contribution in [1.82, 2.24) is 0 Å². The summed E-state index contributed by atoms with van der Waals surface area (Å²) in [5.41, 5.74) is 0.294. The SMILES string of the molecule is C=C(C)C(=O)OC(C)OP(Oc1ccccc1)Oc1ccccc1. The van der Waals surface area contributed by atoms with Crippen molar-refractivity contribution in [3.63, 3.8) is 0 Å². The Morgan fingerprint density at radius 1 is 0.958 bits per heavy atom. The molecule has 2 aromatic carbocycles. The highest BCUT2D eigenvalue weighted by molar-refractivity contribution is 7.42. The van der Waals surface area contributed by atoms with Gasteiger partial charge >= 0.3 is 14.6 Å². The van der Waals surface area contributed by atoms with Crippen molar-refractivity contribution in [2.45, 2.75) is 20.1 Å². The molecule has 1 unspecified atom stereocenters. The van der Waals surface area contributed by atoms with Gasteiger partial charge in [-0.05, 0) is 38.1 Å². The van der Waals surface area contributed by atoms with Gasteiger partial charge in [-0.15, -0.1) is 0 Å². The van der Waals surface area contributed by atoms with Gasteiger partial charge in [-0.1, -0.05) is 43.0 Å². The maximum atomic E-state index is 11.6. The van der Waals surface area contributed by atoms with E-state index in [0.717, 1.165) is 0 Å². The molecule has 0 N–H and O–H groups in total. The standard InChI is InChI=1S/C18H19O5P/c1-14(2)18(19)20-15(3)21-24(22-16-10-6-4-7-11-16)23-17-12-8-5-9-13-17/h4-13,15H,1H2,2-3H3. The van der Waals surface area contributed by atoms with E-state index in [1.807, 2.05) is 36.4 Å². The van der Waals surface area contributed by atoms with E-state index in [2.05, 4.69) is 6.58 Å². The molecule has 0 aliphatic carbocycles. The van der Waals surface area contributed by atoms with Gasteiger partial charge in [-0.2, -0.15) is 0 Å². The number of rotatable bonds is 8. The summed E-state index contributed by atoms with van der Waals surface area (Å²) in [4.78, 5) is 11.6. The van der Waals surface area contributed by atoms with Crippen molar-refractivity contribution in [3.8, 4) is 11.5 Å². The molecule has 0 heterocycles. The van der Waals surface area contributed by atoms with Crippen LogP contribution in [-0.2, 0) is 14.1 Å². The zero-order chi connectivity index (χ0) is 17.4. The quantitative estimate of drug-likeness (QED) is 0.296. The molecule has 0 saturated carbocycles. The fourth-order valence-corrected chi connectivity index (χ4v) is 2.59. The lowest BCUT2D eigenvalue weighted by Gasteiger charge is -2.21. The molecule has 0 aromatic heterocycles. The third-order valence-electron chi connectivity index (χ3n) is 2.70. The lowest BCUT2D eigenvalue weighted by Crippen LogP contribution is -2.18. The van der Waals surface area contributed by atoms with Gasteiger partial charge in [0.1, 0.15) is 11.5 Å². The summed E-state index contributed by atoms with van der Waals surface area (Å²) >= 11 is 0. The van der Waals surface area contributed by atoms with Crippen molar-refractivity contribution < 1.29 is 23.1 Å². The zero-order valence-electron chi connectivity index (χ0n) is 13.5.